The van der Waals surface area contributed by atoms with Gasteiger partial charge in [-0.2, -0.15) is 74.5 Å². The first-order chi connectivity index (χ1) is 18.9. The van der Waals surface area contributed by atoms with Gasteiger partial charge in [-0.15, -0.1) is 0 Å². The summed E-state index contributed by atoms with van der Waals surface area (Å²) in [5, 5.41) is 0. The standard InChI is InChI=1S/C28H16BF12/c30-25(31,32)17-9-1-5-13-21(17)29(22-14-6-2-10-18(22)26(33,34)35,23-15-7-3-11-19(23)27(36,37)38)24-16-8-4-12-20(24)28(39,40)41/h1-16H/q-1/p+1. The molecule has 0 saturated heterocycles. The molecule has 216 valence electrons. The molecular weight excluding hydrogens is 575 g/mol. The van der Waals surface area contributed by atoms with E-state index in [2.05, 4.69) is 0 Å². The summed E-state index contributed by atoms with van der Waals surface area (Å²) in [4.78, 5) is 0. The fraction of sp³-hybridized carbons (Fsp3) is 0.143. The second-order valence-electron chi connectivity index (χ2n) is 9.21. The maximum atomic E-state index is 14.5. The Labute approximate surface area is 226 Å². The van der Waals surface area contributed by atoms with Gasteiger partial charge in [0.15, 0.2) is 0 Å². The second-order valence-corrected chi connectivity index (χ2v) is 9.21. The molecule has 4 rings (SSSR count). The van der Waals surface area contributed by atoms with Gasteiger partial charge in [-0.1, -0.05) is 97.1 Å². The van der Waals surface area contributed by atoms with Crippen LogP contribution in [0.15, 0.2) is 97.1 Å². The summed E-state index contributed by atoms with van der Waals surface area (Å²) in [6, 6.07) is 11.2. The monoisotopic (exact) mass is 592 g/mol. The Balaban J connectivity index is 0.00000484. The average Bonchev–Trinajstić information content (AvgIpc) is 2.88. The van der Waals surface area contributed by atoms with Crippen LogP contribution in [0.2, 0.25) is 0 Å². The fourth-order valence-corrected chi connectivity index (χ4v) is 5.54. The first kappa shape index (κ1) is 30.1. The summed E-state index contributed by atoms with van der Waals surface area (Å²) < 4.78 is 174. The number of hydrogen-bond donors (Lipinski definition) is 0. The van der Waals surface area contributed by atoms with Crippen LogP contribution in [0.4, 0.5) is 52.7 Å². The smallest absolute Gasteiger partial charge is 0.183 e. The van der Waals surface area contributed by atoms with Crippen molar-refractivity contribution in [1.29, 1.82) is 0 Å². The van der Waals surface area contributed by atoms with Crippen LogP contribution < -0.4 is 21.9 Å². The largest absolute Gasteiger partial charge is 1.00 e. The average molecular weight is 592 g/mol. The van der Waals surface area contributed by atoms with Gasteiger partial charge < -0.3 is 0 Å². The van der Waals surface area contributed by atoms with Crippen LogP contribution >= 0.6 is 0 Å². The molecular formula is C28H17BF12. The molecule has 0 atom stereocenters. The number of benzene rings is 4. The zero-order chi connectivity index (χ0) is 30.4. The van der Waals surface area contributed by atoms with Crippen LogP contribution in [-0.4, -0.2) is 6.15 Å². The van der Waals surface area contributed by atoms with Crippen LogP contribution in [0.3, 0.4) is 0 Å². The molecule has 0 spiro atoms. The molecule has 0 unspecified atom stereocenters. The molecule has 41 heavy (non-hydrogen) atoms. The summed E-state index contributed by atoms with van der Waals surface area (Å²) in [5.74, 6) is 0. The first-order valence-electron chi connectivity index (χ1n) is 11.7. The van der Waals surface area contributed by atoms with E-state index >= 15 is 0 Å². The van der Waals surface area contributed by atoms with Gasteiger partial charge in [-0.3, -0.25) is 0 Å². The third-order valence-electron chi connectivity index (χ3n) is 6.93. The topological polar surface area (TPSA) is 0 Å². The van der Waals surface area contributed by atoms with Crippen molar-refractivity contribution in [3.8, 4) is 0 Å². The molecule has 0 aliphatic carbocycles. The molecule has 0 saturated carbocycles. The van der Waals surface area contributed by atoms with E-state index in [0.29, 0.717) is 48.5 Å². The van der Waals surface area contributed by atoms with Crippen molar-refractivity contribution in [1.82, 2.24) is 0 Å². The zero-order valence-corrected chi connectivity index (χ0v) is 20.4. The highest BCUT2D eigenvalue weighted by Gasteiger charge is 2.49. The van der Waals surface area contributed by atoms with E-state index in [-0.39, 0.29) is 1.43 Å². The van der Waals surface area contributed by atoms with E-state index < -0.39 is 75.0 Å². The zero-order valence-electron chi connectivity index (χ0n) is 21.4. The first-order valence-corrected chi connectivity index (χ1v) is 11.7. The Morgan fingerprint density at radius 3 is 0.659 bits per heavy atom. The quantitative estimate of drug-likeness (QED) is 0.173. The van der Waals surface area contributed by atoms with Crippen molar-refractivity contribution in [3.05, 3.63) is 119 Å². The lowest BCUT2D eigenvalue weighted by Crippen LogP contribution is -2.78. The van der Waals surface area contributed by atoms with E-state index in [1.165, 1.54) is 0 Å². The third-order valence-corrected chi connectivity index (χ3v) is 6.93. The Bertz CT molecular complexity index is 1320. The van der Waals surface area contributed by atoms with Gasteiger partial charge in [0, 0.05) is 22.3 Å². The number of rotatable bonds is 4. The maximum Gasteiger partial charge on any atom is 1.00 e. The van der Waals surface area contributed by atoms with Crippen LogP contribution in [-0.2, 0) is 24.7 Å². The highest BCUT2D eigenvalue weighted by Crippen LogP contribution is 2.37. The van der Waals surface area contributed by atoms with E-state index in [1.54, 1.807) is 0 Å². The lowest BCUT2D eigenvalue weighted by molar-refractivity contribution is -0.137. The Kier molecular flexibility index (Phi) is 7.47. The maximum absolute atomic E-state index is 14.5. The minimum absolute atomic E-state index is 0. The molecule has 0 N–H and O–H groups in total. The van der Waals surface area contributed by atoms with Crippen LogP contribution in [0.5, 0.6) is 0 Å². The summed E-state index contributed by atoms with van der Waals surface area (Å²) >= 11 is 0. The minimum Gasteiger partial charge on any atom is -0.183 e. The number of halogens is 12. The van der Waals surface area contributed by atoms with Crippen LogP contribution in [0.1, 0.15) is 23.7 Å². The van der Waals surface area contributed by atoms with Crippen molar-refractivity contribution in [3.63, 3.8) is 0 Å². The minimum atomic E-state index is -5.38. The van der Waals surface area contributed by atoms with E-state index in [9.17, 15) is 52.7 Å². The molecule has 4 aromatic carbocycles. The molecule has 0 aliphatic rings. The van der Waals surface area contributed by atoms with Gasteiger partial charge in [0.25, 0.3) is 0 Å². The van der Waals surface area contributed by atoms with Crippen LogP contribution in [0.25, 0.3) is 0 Å². The third kappa shape index (κ3) is 5.41. The van der Waals surface area contributed by atoms with Crippen LogP contribution in [0, 0.1) is 0 Å². The van der Waals surface area contributed by atoms with Crippen molar-refractivity contribution in [2.24, 2.45) is 0 Å². The Morgan fingerprint density at radius 1 is 0.317 bits per heavy atom. The van der Waals surface area contributed by atoms with E-state index in [0.717, 1.165) is 48.5 Å². The molecule has 13 heteroatoms. The highest BCUT2D eigenvalue weighted by molar-refractivity contribution is 7.20. The summed E-state index contributed by atoms with van der Waals surface area (Å²) in [6.07, 6.45) is -26.0. The molecule has 0 aliphatic heterocycles. The van der Waals surface area contributed by atoms with Crippen molar-refractivity contribution in [2.75, 3.05) is 0 Å². The van der Waals surface area contributed by atoms with Gasteiger partial charge in [0.1, 0.15) is 6.15 Å². The predicted molar refractivity (Wildman–Crippen MR) is 131 cm³/mol. The lowest BCUT2D eigenvalue weighted by Gasteiger charge is -2.48. The van der Waals surface area contributed by atoms with Crippen molar-refractivity contribution in [2.45, 2.75) is 24.7 Å². The lowest BCUT2D eigenvalue weighted by atomic mass is 9.11. The molecule has 0 nitrogen and oxygen atoms in total. The Morgan fingerprint density at radius 2 is 0.488 bits per heavy atom. The Hall–Kier alpha value is -3.90. The molecule has 0 radical (unpaired) electrons. The van der Waals surface area contributed by atoms with E-state index in [1.807, 2.05) is 0 Å². The molecule has 4 aromatic rings. The van der Waals surface area contributed by atoms with Gasteiger partial charge in [-0.05, 0) is 0 Å². The highest BCUT2D eigenvalue weighted by atomic mass is 19.4. The SMILES string of the molecule is FC(F)(F)c1ccccc1[B-](c1ccccc1C(F)(F)F)(c1ccccc1C(F)(F)F)c1ccccc1C(F)(F)F.[H+]. The summed E-state index contributed by atoms with van der Waals surface area (Å²) in [5.41, 5.74) is -11.5. The molecule has 0 amide bonds. The fourth-order valence-electron chi connectivity index (χ4n) is 5.54. The van der Waals surface area contributed by atoms with Gasteiger partial charge in [0.05, 0.1) is 0 Å². The number of hydrogen-bond acceptors (Lipinski definition) is 0. The van der Waals surface area contributed by atoms with Crippen molar-refractivity contribution >= 4 is 28.0 Å². The summed E-state index contributed by atoms with van der Waals surface area (Å²) in [7, 11) is 0. The van der Waals surface area contributed by atoms with Gasteiger partial charge in [0.2, 0.25) is 0 Å². The molecule has 0 bridgehead atoms. The van der Waals surface area contributed by atoms with E-state index in [4.69, 9.17) is 0 Å². The molecule has 0 heterocycles. The normalized spacial score (nSPS) is 13.4. The van der Waals surface area contributed by atoms with Crippen molar-refractivity contribution < 1.29 is 54.1 Å². The molecule has 0 fully saturated rings. The second kappa shape index (κ2) is 10.2. The molecule has 0 aromatic heterocycles. The summed E-state index contributed by atoms with van der Waals surface area (Å²) in [6.45, 7) is 0. The number of alkyl halides is 12. The van der Waals surface area contributed by atoms with Gasteiger partial charge >= 0.3 is 26.1 Å². The predicted octanol–water partition coefficient (Wildman–Crippen LogP) is 7.25. The van der Waals surface area contributed by atoms with Gasteiger partial charge in [-0.25, -0.2) is 0 Å².